The second kappa shape index (κ2) is 8.48. The van der Waals surface area contributed by atoms with Gasteiger partial charge in [-0.2, -0.15) is 0 Å². The Morgan fingerprint density at radius 2 is 1.83 bits per heavy atom. The van der Waals surface area contributed by atoms with Crippen molar-refractivity contribution in [1.82, 2.24) is 24.8 Å². The molecule has 0 unspecified atom stereocenters. The highest BCUT2D eigenvalue weighted by molar-refractivity contribution is 7.09. The maximum absolute atomic E-state index is 13.0. The lowest BCUT2D eigenvalue weighted by Crippen LogP contribution is -2.38. The molecule has 0 spiro atoms. The first-order chi connectivity index (χ1) is 14.1. The molecule has 2 aromatic heterocycles. The smallest absolute Gasteiger partial charge is 0.289 e. The number of hydrogen-bond acceptors (Lipinski definition) is 6. The van der Waals surface area contributed by atoms with Crippen LogP contribution in [0.25, 0.3) is 0 Å². The molecule has 1 saturated heterocycles. The topological polar surface area (TPSA) is 93.0 Å². The molecular weight excluding hydrogens is 395 g/mol. The highest BCUT2D eigenvalue weighted by Crippen LogP contribution is 2.30. The number of benzene rings is 1. The molecule has 0 aliphatic carbocycles. The van der Waals surface area contributed by atoms with Gasteiger partial charge in [-0.1, -0.05) is 12.1 Å². The Bertz CT molecular complexity index is 981. The van der Waals surface area contributed by atoms with E-state index in [-0.39, 0.29) is 30.0 Å². The summed E-state index contributed by atoms with van der Waals surface area (Å²) in [7, 11) is 0. The van der Waals surface area contributed by atoms with Gasteiger partial charge in [-0.05, 0) is 30.5 Å². The molecule has 1 aromatic carbocycles. The number of aromatic nitrogens is 4. The lowest BCUT2D eigenvalue weighted by atomic mass is 9.97. The molecule has 150 valence electrons. The number of likely N-dealkylation sites (tertiary alicyclic amines) is 1. The van der Waals surface area contributed by atoms with Gasteiger partial charge in [0, 0.05) is 24.4 Å². The van der Waals surface area contributed by atoms with Crippen molar-refractivity contribution in [2.24, 2.45) is 0 Å². The van der Waals surface area contributed by atoms with Crippen LogP contribution in [0, 0.1) is 5.82 Å². The van der Waals surface area contributed by atoms with E-state index < -0.39 is 0 Å². The first-order valence-electron chi connectivity index (χ1n) is 9.22. The van der Waals surface area contributed by atoms with E-state index in [0.717, 1.165) is 23.4 Å². The Morgan fingerprint density at radius 3 is 2.52 bits per heavy atom. The minimum atomic E-state index is -0.320. The van der Waals surface area contributed by atoms with Gasteiger partial charge >= 0.3 is 0 Å². The van der Waals surface area contributed by atoms with Gasteiger partial charge in [0.2, 0.25) is 5.91 Å². The average molecular weight is 414 g/mol. The maximum Gasteiger partial charge on any atom is 0.289 e. The number of amides is 2. The zero-order valence-electron chi connectivity index (χ0n) is 15.5. The maximum atomic E-state index is 13.0. The fraction of sp³-hybridized carbons (Fsp3) is 0.316. The molecule has 3 aromatic rings. The highest BCUT2D eigenvalue weighted by atomic mass is 32.1. The summed E-state index contributed by atoms with van der Waals surface area (Å²) in [5.41, 5.74) is 3.79. The minimum Gasteiger partial charge on any atom is -0.342 e. The monoisotopic (exact) mass is 414 g/mol. The summed E-state index contributed by atoms with van der Waals surface area (Å²) < 4.78 is 14.4. The summed E-state index contributed by atoms with van der Waals surface area (Å²) in [6.45, 7) is 1.29. The molecule has 2 amide bonds. The minimum absolute atomic E-state index is 0.0446. The Kier molecular flexibility index (Phi) is 5.61. The average Bonchev–Trinajstić information content (AvgIpc) is 3.42. The molecule has 0 atom stereocenters. The van der Waals surface area contributed by atoms with Gasteiger partial charge in [0.15, 0.2) is 0 Å². The number of nitrogens with zero attached hydrogens (tertiary/aromatic N) is 5. The third kappa shape index (κ3) is 4.65. The second-order valence-corrected chi connectivity index (χ2v) is 7.73. The zero-order valence-corrected chi connectivity index (χ0v) is 16.3. The number of carbonyl (C=O) groups is 2. The van der Waals surface area contributed by atoms with Crippen LogP contribution >= 0.6 is 11.3 Å². The normalized spacial score (nSPS) is 14.7. The van der Waals surface area contributed by atoms with Crippen molar-refractivity contribution >= 4 is 23.2 Å². The van der Waals surface area contributed by atoms with Gasteiger partial charge in [-0.25, -0.2) is 14.1 Å². The molecule has 3 heterocycles. The van der Waals surface area contributed by atoms with Crippen LogP contribution in [0.3, 0.4) is 0 Å². The van der Waals surface area contributed by atoms with E-state index in [0.29, 0.717) is 18.8 Å². The van der Waals surface area contributed by atoms with E-state index in [2.05, 4.69) is 20.6 Å². The van der Waals surface area contributed by atoms with Crippen LogP contribution in [0.5, 0.6) is 0 Å². The largest absolute Gasteiger partial charge is 0.342 e. The molecule has 29 heavy (non-hydrogen) atoms. The highest BCUT2D eigenvalue weighted by Gasteiger charge is 2.26. The number of halogens is 1. The van der Waals surface area contributed by atoms with Crippen molar-refractivity contribution in [3.8, 4) is 0 Å². The van der Waals surface area contributed by atoms with Crippen LogP contribution in [0.1, 0.15) is 39.8 Å². The molecule has 8 nitrogen and oxygen atoms in total. The zero-order chi connectivity index (χ0) is 20.2. The predicted molar refractivity (Wildman–Crippen MR) is 104 cm³/mol. The van der Waals surface area contributed by atoms with Crippen molar-refractivity contribution in [1.29, 1.82) is 0 Å². The van der Waals surface area contributed by atoms with E-state index in [1.807, 2.05) is 4.90 Å². The third-order valence-corrected chi connectivity index (χ3v) is 5.88. The molecule has 10 heteroatoms. The number of hydrogen-bond donors (Lipinski definition) is 1. The fourth-order valence-corrected chi connectivity index (χ4v) is 4.25. The van der Waals surface area contributed by atoms with Crippen LogP contribution < -0.4 is 5.43 Å². The number of carbonyl (C=O) groups excluding carboxylic acids is 2. The molecule has 0 bridgehead atoms. The van der Waals surface area contributed by atoms with Crippen molar-refractivity contribution in [2.75, 3.05) is 18.5 Å². The van der Waals surface area contributed by atoms with E-state index in [9.17, 15) is 14.0 Å². The van der Waals surface area contributed by atoms with Gasteiger partial charge in [-0.15, -0.1) is 21.5 Å². The van der Waals surface area contributed by atoms with E-state index in [4.69, 9.17) is 0 Å². The van der Waals surface area contributed by atoms with E-state index >= 15 is 0 Å². The summed E-state index contributed by atoms with van der Waals surface area (Å²) in [5, 5.41) is 9.91. The SMILES string of the molecule is O=C(Nn1cnnc1)c1csc(C2CCN(C(=O)Cc3ccc(F)cc3)CC2)n1. The number of piperidine rings is 1. The summed E-state index contributed by atoms with van der Waals surface area (Å²) >= 11 is 1.46. The molecular formula is C19H19FN6O2S. The lowest BCUT2D eigenvalue weighted by Gasteiger charge is -2.31. The molecule has 0 saturated carbocycles. The first-order valence-corrected chi connectivity index (χ1v) is 10.1. The van der Waals surface area contributed by atoms with Crippen LogP contribution in [-0.4, -0.2) is 49.7 Å². The van der Waals surface area contributed by atoms with E-state index in [1.165, 1.54) is 40.8 Å². The summed E-state index contributed by atoms with van der Waals surface area (Å²) in [4.78, 5) is 31.0. The van der Waals surface area contributed by atoms with Crippen molar-refractivity contribution in [3.63, 3.8) is 0 Å². The quantitative estimate of drug-likeness (QED) is 0.691. The van der Waals surface area contributed by atoms with Gasteiger partial charge in [0.1, 0.15) is 24.2 Å². The van der Waals surface area contributed by atoms with Crippen LogP contribution in [0.4, 0.5) is 4.39 Å². The number of rotatable bonds is 5. The van der Waals surface area contributed by atoms with Crippen LogP contribution in [0.2, 0.25) is 0 Å². The fourth-order valence-electron chi connectivity index (χ4n) is 3.28. The van der Waals surface area contributed by atoms with Gasteiger partial charge in [0.25, 0.3) is 5.91 Å². The number of thiazole rings is 1. The van der Waals surface area contributed by atoms with Crippen LogP contribution in [-0.2, 0) is 11.2 Å². The first kappa shape index (κ1) is 19.2. The van der Waals surface area contributed by atoms with Gasteiger partial charge in [0.05, 0.1) is 11.4 Å². The molecule has 1 N–H and O–H groups in total. The lowest BCUT2D eigenvalue weighted by molar-refractivity contribution is -0.131. The second-order valence-electron chi connectivity index (χ2n) is 6.84. The number of nitrogens with one attached hydrogen (secondary N) is 1. The predicted octanol–water partition coefficient (Wildman–Crippen LogP) is 2.21. The molecule has 0 radical (unpaired) electrons. The van der Waals surface area contributed by atoms with Crippen molar-refractivity contribution < 1.29 is 14.0 Å². The Hall–Kier alpha value is -3.14. The summed E-state index contributed by atoms with van der Waals surface area (Å²) in [5.74, 6) is -0.353. The molecule has 1 fully saturated rings. The Labute approximate surface area is 170 Å². The molecule has 1 aliphatic rings. The standard InChI is InChI=1S/C19H19FN6O2S/c20-15-3-1-13(2-4-15)9-17(27)25-7-5-14(6-8-25)19-23-16(10-29-19)18(28)24-26-11-21-22-12-26/h1-4,10-12,14H,5-9H2,(H,24,28). The van der Waals surface area contributed by atoms with Gasteiger partial charge in [-0.3, -0.25) is 15.0 Å². The van der Waals surface area contributed by atoms with Gasteiger partial charge < -0.3 is 4.90 Å². The summed E-state index contributed by atoms with van der Waals surface area (Å²) in [6, 6.07) is 6.02. The van der Waals surface area contributed by atoms with Crippen molar-refractivity contribution in [2.45, 2.75) is 25.2 Å². The molecule has 1 aliphatic heterocycles. The Morgan fingerprint density at radius 1 is 1.14 bits per heavy atom. The third-order valence-electron chi connectivity index (χ3n) is 4.87. The van der Waals surface area contributed by atoms with Crippen LogP contribution in [0.15, 0.2) is 42.3 Å². The van der Waals surface area contributed by atoms with E-state index in [1.54, 1.807) is 17.5 Å². The Balaban J connectivity index is 1.30. The van der Waals surface area contributed by atoms with Crippen molar-refractivity contribution in [3.05, 3.63) is 64.4 Å². The molecule has 4 rings (SSSR count). The summed E-state index contributed by atoms with van der Waals surface area (Å²) in [6.07, 6.45) is 4.66.